The summed E-state index contributed by atoms with van der Waals surface area (Å²) >= 11 is 5.80. The lowest BCUT2D eigenvalue weighted by molar-refractivity contribution is 0.0952. The summed E-state index contributed by atoms with van der Waals surface area (Å²) in [6, 6.07) is 4.34. The first-order chi connectivity index (χ1) is 9.63. The van der Waals surface area contributed by atoms with Gasteiger partial charge in [-0.25, -0.2) is 5.43 Å². The minimum absolute atomic E-state index is 0.107. The molecule has 3 rings (SSSR count). The lowest BCUT2D eigenvalue weighted by Crippen LogP contribution is -2.19. The summed E-state index contributed by atoms with van der Waals surface area (Å²) in [5, 5.41) is 14.0. The second kappa shape index (κ2) is 5.29. The van der Waals surface area contributed by atoms with Crippen LogP contribution >= 0.6 is 11.6 Å². The first kappa shape index (κ1) is 13.2. The Morgan fingerprint density at radius 2 is 2.25 bits per heavy atom. The Bertz CT molecular complexity index is 598. The predicted molar refractivity (Wildman–Crippen MR) is 77.9 cm³/mol. The SMILES string of the molecule is O=C(N/N=C/C1CC2C=CC1C2)c1cc(Cl)ccc1O. The molecule has 4 nitrogen and oxygen atoms in total. The minimum Gasteiger partial charge on any atom is -0.507 e. The van der Waals surface area contributed by atoms with Crippen LogP contribution in [0, 0.1) is 17.8 Å². The molecule has 3 atom stereocenters. The number of hydrazone groups is 1. The summed E-state index contributed by atoms with van der Waals surface area (Å²) in [4.78, 5) is 11.9. The van der Waals surface area contributed by atoms with Crippen LogP contribution in [0.3, 0.4) is 0 Å². The van der Waals surface area contributed by atoms with E-state index in [4.69, 9.17) is 11.6 Å². The van der Waals surface area contributed by atoms with Crippen molar-refractivity contribution in [2.24, 2.45) is 22.9 Å². The molecule has 20 heavy (non-hydrogen) atoms. The zero-order chi connectivity index (χ0) is 14.1. The Balaban J connectivity index is 1.62. The summed E-state index contributed by atoms with van der Waals surface area (Å²) in [5.41, 5.74) is 2.57. The van der Waals surface area contributed by atoms with Gasteiger partial charge in [0.15, 0.2) is 0 Å². The molecule has 0 aliphatic heterocycles. The quantitative estimate of drug-likeness (QED) is 0.511. The van der Waals surface area contributed by atoms with Gasteiger partial charge in [-0.3, -0.25) is 4.79 Å². The fourth-order valence-corrected chi connectivity index (χ4v) is 3.11. The minimum atomic E-state index is -0.458. The molecular weight excluding hydrogens is 276 g/mol. The molecule has 3 unspecified atom stereocenters. The van der Waals surface area contributed by atoms with Gasteiger partial charge >= 0.3 is 0 Å². The van der Waals surface area contributed by atoms with E-state index in [1.165, 1.54) is 24.6 Å². The van der Waals surface area contributed by atoms with E-state index in [0.29, 0.717) is 22.8 Å². The van der Waals surface area contributed by atoms with Gasteiger partial charge in [-0.15, -0.1) is 0 Å². The van der Waals surface area contributed by atoms with Crippen LogP contribution in [0.4, 0.5) is 0 Å². The molecule has 0 saturated heterocycles. The van der Waals surface area contributed by atoms with Gasteiger partial charge in [0.2, 0.25) is 0 Å². The van der Waals surface area contributed by atoms with Crippen molar-refractivity contribution in [2.75, 3.05) is 0 Å². The Morgan fingerprint density at radius 1 is 1.40 bits per heavy atom. The van der Waals surface area contributed by atoms with Crippen LogP contribution < -0.4 is 5.43 Å². The van der Waals surface area contributed by atoms with E-state index in [2.05, 4.69) is 22.7 Å². The smallest absolute Gasteiger partial charge is 0.275 e. The van der Waals surface area contributed by atoms with Gasteiger partial charge in [-0.1, -0.05) is 23.8 Å². The van der Waals surface area contributed by atoms with Crippen LogP contribution in [0.2, 0.25) is 5.02 Å². The first-order valence-corrected chi connectivity index (χ1v) is 7.01. The normalized spacial score (nSPS) is 27.4. The summed E-state index contributed by atoms with van der Waals surface area (Å²) in [5.74, 6) is 1.06. The fraction of sp³-hybridized carbons (Fsp3) is 0.333. The number of hydrogen-bond donors (Lipinski definition) is 2. The van der Waals surface area contributed by atoms with E-state index in [-0.39, 0.29) is 11.3 Å². The number of carbonyl (C=O) groups excluding carboxylic acids is 1. The zero-order valence-electron chi connectivity index (χ0n) is 10.8. The average molecular weight is 291 g/mol. The summed E-state index contributed by atoms with van der Waals surface area (Å²) in [6.07, 6.45) is 8.59. The molecule has 0 heterocycles. The van der Waals surface area contributed by atoms with Crippen molar-refractivity contribution in [1.29, 1.82) is 0 Å². The topological polar surface area (TPSA) is 61.7 Å². The molecule has 1 aromatic rings. The molecule has 104 valence electrons. The van der Waals surface area contributed by atoms with Gasteiger partial charge in [0.1, 0.15) is 5.75 Å². The lowest BCUT2D eigenvalue weighted by Gasteiger charge is -2.12. The van der Waals surface area contributed by atoms with Crippen molar-refractivity contribution >= 4 is 23.7 Å². The fourth-order valence-electron chi connectivity index (χ4n) is 2.94. The van der Waals surface area contributed by atoms with Gasteiger partial charge < -0.3 is 5.11 Å². The Morgan fingerprint density at radius 3 is 2.95 bits per heavy atom. The zero-order valence-corrected chi connectivity index (χ0v) is 11.5. The monoisotopic (exact) mass is 290 g/mol. The molecule has 1 saturated carbocycles. The molecule has 1 fully saturated rings. The number of nitrogens with zero attached hydrogens (tertiary/aromatic N) is 1. The van der Waals surface area contributed by atoms with Crippen LogP contribution in [0.1, 0.15) is 23.2 Å². The number of benzene rings is 1. The van der Waals surface area contributed by atoms with Crippen molar-refractivity contribution in [1.82, 2.24) is 5.43 Å². The molecule has 0 aromatic heterocycles. The third-order valence-electron chi connectivity index (χ3n) is 3.97. The molecule has 2 aliphatic carbocycles. The number of fused-ring (bicyclic) bond motifs is 2. The molecule has 0 radical (unpaired) electrons. The predicted octanol–water partition coefficient (Wildman–Crippen LogP) is 2.97. The number of hydrogen-bond acceptors (Lipinski definition) is 3. The van der Waals surface area contributed by atoms with E-state index in [1.54, 1.807) is 6.21 Å². The lowest BCUT2D eigenvalue weighted by atomic mass is 9.95. The van der Waals surface area contributed by atoms with Crippen LogP contribution in [0.15, 0.2) is 35.5 Å². The van der Waals surface area contributed by atoms with Crippen LogP contribution in [-0.2, 0) is 0 Å². The van der Waals surface area contributed by atoms with Crippen molar-refractivity contribution in [3.05, 3.63) is 40.9 Å². The average Bonchev–Trinajstić information content (AvgIpc) is 3.04. The second-order valence-corrected chi connectivity index (χ2v) is 5.76. The third kappa shape index (κ3) is 2.56. The van der Waals surface area contributed by atoms with Crippen LogP contribution in [0.25, 0.3) is 0 Å². The van der Waals surface area contributed by atoms with Gasteiger partial charge in [0, 0.05) is 17.2 Å². The number of amides is 1. The third-order valence-corrected chi connectivity index (χ3v) is 4.20. The van der Waals surface area contributed by atoms with E-state index >= 15 is 0 Å². The Hall–Kier alpha value is -1.81. The van der Waals surface area contributed by atoms with E-state index in [9.17, 15) is 9.90 Å². The molecular formula is C15H15ClN2O2. The number of nitrogens with one attached hydrogen (secondary N) is 1. The summed E-state index contributed by atoms with van der Waals surface area (Å²) in [6.45, 7) is 0. The highest BCUT2D eigenvalue weighted by Crippen LogP contribution is 2.42. The largest absolute Gasteiger partial charge is 0.507 e. The standard InChI is InChI=1S/C15H15ClN2O2/c16-12-3-4-14(19)13(7-12)15(20)18-17-8-11-6-9-1-2-10(11)5-9/h1-4,7-11,19H,5-6H2,(H,18,20)/b17-8+. The van der Waals surface area contributed by atoms with E-state index < -0.39 is 5.91 Å². The van der Waals surface area contributed by atoms with Crippen molar-refractivity contribution in [3.63, 3.8) is 0 Å². The number of allylic oxidation sites excluding steroid dienone is 2. The number of phenolic OH excluding ortho intramolecular Hbond substituents is 1. The van der Waals surface area contributed by atoms with Gasteiger partial charge in [-0.2, -0.15) is 5.10 Å². The van der Waals surface area contributed by atoms with Gasteiger partial charge in [0.05, 0.1) is 5.56 Å². The molecule has 1 aromatic carbocycles. The first-order valence-electron chi connectivity index (χ1n) is 6.64. The number of halogens is 1. The van der Waals surface area contributed by atoms with Crippen LogP contribution in [-0.4, -0.2) is 17.2 Å². The summed E-state index contributed by atoms with van der Waals surface area (Å²) < 4.78 is 0. The van der Waals surface area contributed by atoms with Crippen molar-refractivity contribution in [2.45, 2.75) is 12.8 Å². The second-order valence-electron chi connectivity index (χ2n) is 5.32. The van der Waals surface area contributed by atoms with Gasteiger partial charge in [-0.05, 0) is 42.9 Å². The molecule has 2 aliphatic rings. The van der Waals surface area contributed by atoms with Crippen molar-refractivity contribution < 1.29 is 9.90 Å². The van der Waals surface area contributed by atoms with E-state index in [1.807, 2.05) is 0 Å². The van der Waals surface area contributed by atoms with Crippen molar-refractivity contribution in [3.8, 4) is 5.75 Å². The van der Waals surface area contributed by atoms with Gasteiger partial charge in [0.25, 0.3) is 5.91 Å². The highest BCUT2D eigenvalue weighted by Gasteiger charge is 2.34. The Kier molecular flexibility index (Phi) is 3.49. The molecule has 0 spiro atoms. The molecule has 5 heteroatoms. The highest BCUT2D eigenvalue weighted by molar-refractivity contribution is 6.31. The maximum absolute atomic E-state index is 11.9. The maximum Gasteiger partial charge on any atom is 0.275 e. The number of aromatic hydroxyl groups is 1. The molecule has 2 bridgehead atoms. The number of carbonyl (C=O) groups is 1. The summed E-state index contributed by atoms with van der Waals surface area (Å²) in [7, 11) is 0. The molecule has 2 N–H and O–H groups in total. The number of phenols is 1. The highest BCUT2D eigenvalue weighted by atomic mass is 35.5. The maximum atomic E-state index is 11.9. The van der Waals surface area contributed by atoms with Crippen LogP contribution in [0.5, 0.6) is 5.75 Å². The Labute approximate surface area is 122 Å². The molecule has 1 amide bonds. The van der Waals surface area contributed by atoms with E-state index in [0.717, 1.165) is 6.42 Å². The number of rotatable bonds is 3.